The van der Waals surface area contributed by atoms with E-state index >= 15 is 0 Å². The molecule has 0 saturated heterocycles. The summed E-state index contributed by atoms with van der Waals surface area (Å²) in [5, 5.41) is 25.0. The normalized spacial score (nSPS) is 9.37. The summed E-state index contributed by atoms with van der Waals surface area (Å²) in [4.78, 5) is 0. The third kappa shape index (κ3) is 2.80. The zero-order valence-electron chi connectivity index (χ0n) is 10.2. The maximum absolute atomic E-state index is 8.94. The lowest BCUT2D eigenvalue weighted by atomic mass is 10.1. The molecule has 0 amide bonds. The molecule has 0 saturated carbocycles. The van der Waals surface area contributed by atoms with Gasteiger partial charge in [-0.15, -0.1) is 0 Å². The second-order valence-electron chi connectivity index (χ2n) is 3.85. The van der Waals surface area contributed by atoms with Crippen LogP contribution < -0.4 is 5.32 Å². The summed E-state index contributed by atoms with van der Waals surface area (Å²) in [6, 6.07) is 9.06. The highest BCUT2D eigenvalue weighted by atomic mass is 15.2. The minimum absolute atomic E-state index is 0.370. The molecule has 0 fully saturated rings. The highest BCUT2D eigenvalue weighted by Gasteiger charge is 2.03. The van der Waals surface area contributed by atoms with Crippen LogP contribution in [0.3, 0.4) is 0 Å². The summed E-state index contributed by atoms with van der Waals surface area (Å²) >= 11 is 0. The van der Waals surface area contributed by atoms with Crippen molar-refractivity contribution in [1.82, 2.24) is 9.78 Å². The summed E-state index contributed by atoms with van der Waals surface area (Å²) in [5.41, 5.74) is 2.55. The zero-order valence-corrected chi connectivity index (χ0v) is 10.2. The molecule has 0 atom stereocenters. The molecular weight excluding hydrogens is 238 g/mol. The first-order valence-electron chi connectivity index (χ1n) is 5.60. The Bertz CT molecular complexity index is 685. The van der Waals surface area contributed by atoms with E-state index in [4.69, 9.17) is 10.5 Å². The predicted molar refractivity (Wildman–Crippen MR) is 71.8 cm³/mol. The minimum Gasteiger partial charge on any atom is -0.381 e. The molecule has 0 spiro atoms. The number of rotatable bonds is 4. The van der Waals surface area contributed by atoms with Gasteiger partial charge < -0.3 is 5.32 Å². The fourth-order valence-electron chi connectivity index (χ4n) is 1.62. The summed E-state index contributed by atoms with van der Waals surface area (Å²) in [6.07, 6.45) is 5.21. The summed E-state index contributed by atoms with van der Waals surface area (Å²) in [7, 11) is 0. The van der Waals surface area contributed by atoms with Gasteiger partial charge in [-0.2, -0.15) is 15.6 Å². The molecule has 1 N–H and O–H groups in total. The molecule has 5 heteroatoms. The average molecular weight is 249 g/mol. The molecule has 2 rings (SSSR count). The fourth-order valence-corrected chi connectivity index (χ4v) is 1.62. The minimum atomic E-state index is 0.370. The van der Waals surface area contributed by atoms with Gasteiger partial charge in [-0.3, -0.25) is 0 Å². The third-order valence-corrected chi connectivity index (χ3v) is 2.60. The van der Waals surface area contributed by atoms with Crippen molar-refractivity contribution in [3.05, 3.63) is 53.9 Å². The lowest BCUT2D eigenvalue weighted by molar-refractivity contribution is 0.936. The van der Waals surface area contributed by atoms with Crippen molar-refractivity contribution >= 4 is 11.9 Å². The number of aromatic nitrogens is 2. The summed E-state index contributed by atoms with van der Waals surface area (Å²) < 4.78 is 1.62. The number of benzene rings is 1. The molecule has 19 heavy (non-hydrogen) atoms. The largest absolute Gasteiger partial charge is 0.381 e. The predicted octanol–water partition coefficient (Wildman–Crippen LogP) is 2.34. The van der Waals surface area contributed by atoms with Crippen LogP contribution in [0.15, 0.2) is 37.2 Å². The standard InChI is InChI=1S/C14H11N5/c1-2-19-10-11(9-18-19)8-17-14-4-3-12(6-15)13(5-14)7-16/h2-5,9-10,17H,1,8H2. The highest BCUT2D eigenvalue weighted by Crippen LogP contribution is 2.15. The van der Waals surface area contributed by atoms with Gasteiger partial charge in [-0.25, -0.2) is 4.68 Å². The average Bonchev–Trinajstić information content (AvgIpc) is 2.92. The Balaban J connectivity index is 2.10. The van der Waals surface area contributed by atoms with Crippen LogP contribution in [-0.4, -0.2) is 9.78 Å². The van der Waals surface area contributed by atoms with Crippen LogP contribution in [-0.2, 0) is 6.54 Å². The number of nitrogens with zero attached hydrogens (tertiary/aromatic N) is 4. The van der Waals surface area contributed by atoms with Crippen LogP contribution in [0.4, 0.5) is 5.69 Å². The first-order chi connectivity index (χ1) is 9.26. The molecule has 5 nitrogen and oxygen atoms in total. The number of nitriles is 2. The number of nitrogens with one attached hydrogen (secondary N) is 1. The van der Waals surface area contributed by atoms with Gasteiger partial charge in [-0.1, -0.05) is 6.58 Å². The van der Waals surface area contributed by atoms with Gasteiger partial charge in [0.1, 0.15) is 12.1 Å². The van der Waals surface area contributed by atoms with Crippen LogP contribution in [0.1, 0.15) is 16.7 Å². The van der Waals surface area contributed by atoms with Crippen molar-refractivity contribution in [2.24, 2.45) is 0 Å². The van der Waals surface area contributed by atoms with Crippen LogP contribution >= 0.6 is 0 Å². The van der Waals surface area contributed by atoms with E-state index in [-0.39, 0.29) is 0 Å². The van der Waals surface area contributed by atoms with E-state index in [9.17, 15) is 0 Å². The van der Waals surface area contributed by atoms with E-state index in [0.29, 0.717) is 17.7 Å². The number of anilines is 1. The van der Waals surface area contributed by atoms with Gasteiger partial charge in [0.15, 0.2) is 0 Å². The van der Waals surface area contributed by atoms with Crippen molar-refractivity contribution in [2.75, 3.05) is 5.32 Å². The third-order valence-electron chi connectivity index (χ3n) is 2.60. The van der Waals surface area contributed by atoms with Crippen molar-refractivity contribution in [3.8, 4) is 12.1 Å². The lowest BCUT2D eigenvalue weighted by Crippen LogP contribution is -1.99. The number of hydrogen-bond donors (Lipinski definition) is 1. The molecule has 1 heterocycles. The van der Waals surface area contributed by atoms with Crippen molar-refractivity contribution in [2.45, 2.75) is 6.54 Å². The Morgan fingerprint density at radius 1 is 1.32 bits per heavy atom. The van der Waals surface area contributed by atoms with Crippen LogP contribution in [0.5, 0.6) is 0 Å². The Kier molecular flexibility index (Phi) is 3.61. The van der Waals surface area contributed by atoms with Gasteiger partial charge in [0.05, 0.1) is 17.3 Å². The van der Waals surface area contributed by atoms with Gasteiger partial charge in [0.25, 0.3) is 0 Å². The topological polar surface area (TPSA) is 77.4 Å². The molecule has 0 radical (unpaired) electrons. The fraction of sp³-hybridized carbons (Fsp3) is 0.0714. The molecule has 2 aromatic rings. The Hall–Kier alpha value is -3.05. The lowest BCUT2D eigenvalue weighted by Gasteiger charge is -2.05. The van der Waals surface area contributed by atoms with E-state index in [1.165, 1.54) is 0 Å². The molecule has 0 bridgehead atoms. The second kappa shape index (κ2) is 5.52. The maximum Gasteiger partial charge on any atom is 0.101 e. The molecule has 0 unspecified atom stereocenters. The van der Waals surface area contributed by atoms with E-state index in [1.807, 2.05) is 18.3 Å². The van der Waals surface area contributed by atoms with Crippen molar-refractivity contribution in [1.29, 1.82) is 10.5 Å². The van der Waals surface area contributed by atoms with Crippen molar-refractivity contribution in [3.63, 3.8) is 0 Å². The van der Waals surface area contributed by atoms with Crippen LogP contribution in [0, 0.1) is 22.7 Å². The van der Waals surface area contributed by atoms with E-state index in [0.717, 1.165) is 11.3 Å². The first kappa shape index (κ1) is 12.4. The van der Waals surface area contributed by atoms with Gasteiger partial charge in [-0.05, 0) is 18.2 Å². The monoisotopic (exact) mass is 249 g/mol. The molecular formula is C14H11N5. The van der Waals surface area contributed by atoms with Gasteiger partial charge in [0.2, 0.25) is 0 Å². The molecule has 0 aliphatic heterocycles. The van der Waals surface area contributed by atoms with Crippen LogP contribution in [0.25, 0.3) is 6.20 Å². The second-order valence-corrected chi connectivity index (χ2v) is 3.85. The Morgan fingerprint density at radius 2 is 2.11 bits per heavy atom. The SMILES string of the molecule is C=Cn1cc(CNc2ccc(C#N)c(C#N)c2)cn1. The summed E-state index contributed by atoms with van der Waals surface area (Å²) in [5.74, 6) is 0. The molecule has 92 valence electrons. The Morgan fingerprint density at radius 3 is 2.74 bits per heavy atom. The Labute approximate surface area is 111 Å². The van der Waals surface area contributed by atoms with Crippen molar-refractivity contribution < 1.29 is 0 Å². The highest BCUT2D eigenvalue weighted by molar-refractivity contribution is 5.56. The number of hydrogen-bond acceptors (Lipinski definition) is 4. The quantitative estimate of drug-likeness (QED) is 0.902. The zero-order chi connectivity index (χ0) is 13.7. The first-order valence-corrected chi connectivity index (χ1v) is 5.60. The smallest absolute Gasteiger partial charge is 0.101 e. The molecule has 0 aliphatic rings. The van der Waals surface area contributed by atoms with E-state index in [2.05, 4.69) is 17.0 Å². The molecule has 1 aromatic heterocycles. The van der Waals surface area contributed by atoms with Gasteiger partial charge in [0, 0.05) is 30.2 Å². The van der Waals surface area contributed by atoms with E-state index in [1.54, 1.807) is 35.3 Å². The molecule has 0 aliphatic carbocycles. The van der Waals surface area contributed by atoms with Gasteiger partial charge >= 0.3 is 0 Å². The van der Waals surface area contributed by atoms with Crippen LogP contribution in [0.2, 0.25) is 0 Å². The maximum atomic E-state index is 8.94. The summed E-state index contributed by atoms with van der Waals surface area (Å²) in [6.45, 7) is 4.21. The van der Waals surface area contributed by atoms with E-state index < -0.39 is 0 Å². The molecule has 1 aromatic carbocycles.